The number of nitrogens with zero attached hydrogens (tertiary/aromatic N) is 1. The molecule has 0 spiro atoms. The number of halogens is 2. The molecular formula is C18H18ClFN2OS. The van der Waals surface area contributed by atoms with Gasteiger partial charge in [0.25, 0.3) is 0 Å². The molecule has 1 heterocycles. The van der Waals surface area contributed by atoms with Crippen molar-refractivity contribution < 1.29 is 8.60 Å². The van der Waals surface area contributed by atoms with Gasteiger partial charge in [0.05, 0.1) is 5.25 Å². The maximum absolute atomic E-state index is 13.4. The van der Waals surface area contributed by atoms with Crippen LogP contribution in [0.4, 0.5) is 10.1 Å². The van der Waals surface area contributed by atoms with Crippen LogP contribution in [0.2, 0.25) is 5.02 Å². The first kappa shape index (κ1) is 17.0. The Morgan fingerprint density at radius 1 is 1.33 bits per heavy atom. The Kier molecular flexibility index (Phi) is 5.21. The van der Waals surface area contributed by atoms with Crippen LogP contribution in [0, 0.1) is 5.82 Å². The van der Waals surface area contributed by atoms with Crippen LogP contribution in [0.3, 0.4) is 0 Å². The molecule has 1 aliphatic rings. The molecule has 0 bridgehead atoms. The summed E-state index contributed by atoms with van der Waals surface area (Å²) in [6.45, 7) is 5.13. The summed E-state index contributed by atoms with van der Waals surface area (Å²) < 4.78 is 28.0. The lowest BCUT2D eigenvalue weighted by molar-refractivity contribution is 0.623. The Morgan fingerprint density at radius 3 is 2.79 bits per heavy atom. The summed E-state index contributed by atoms with van der Waals surface area (Å²) in [5.41, 5.74) is 2.38. The highest BCUT2D eigenvalue weighted by Crippen LogP contribution is 2.28. The summed E-state index contributed by atoms with van der Waals surface area (Å²) in [7, 11) is -1.17. The second kappa shape index (κ2) is 7.36. The van der Waals surface area contributed by atoms with E-state index in [1.807, 2.05) is 34.6 Å². The van der Waals surface area contributed by atoms with E-state index in [2.05, 4.69) is 11.9 Å². The molecule has 0 aromatic heterocycles. The zero-order chi connectivity index (χ0) is 17.1. The van der Waals surface area contributed by atoms with Gasteiger partial charge in [-0.25, -0.2) is 8.60 Å². The van der Waals surface area contributed by atoms with Gasteiger partial charge in [-0.2, -0.15) is 0 Å². The third-order valence-electron chi connectivity index (χ3n) is 3.93. The van der Waals surface area contributed by atoms with Gasteiger partial charge in [0.15, 0.2) is 0 Å². The minimum absolute atomic E-state index is 0.158. The van der Waals surface area contributed by atoms with Gasteiger partial charge in [0, 0.05) is 29.5 Å². The van der Waals surface area contributed by atoms with E-state index in [0.717, 1.165) is 17.7 Å². The highest BCUT2D eigenvalue weighted by molar-refractivity contribution is 7.87. The predicted octanol–water partition coefficient (Wildman–Crippen LogP) is 4.03. The number of anilines is 1. The smallest absolute Gasteiger partial charge is 0.129 e. The van der Waals surface area contributed by atoms with E-state index in [0.29, 0.717) is 23.8 Å². The standard InChI is InChI=1S/C18H18ClFN2OS/c1-13(21-12-14-9-15(19)11-16(20)10-14)18-7-8-22(24(18)23)17-5-3-2-4-6-17/h2-6,9-11,18,21H,1,7-8,12H2. The zero-order valence-corrected chi connectivity index (χ0v) is 14.6. The van der Waals surface area contributed by atoms with E-state index in [1.165, 1.54) is 12.1 Å². The first-order valence-electron chi connectivity index (χ1n) is 7.65. The molecule has 2 aromatic rings. The lowest BCUT2D eigenvalue weighted by atomic mass is 10.2. The fraction of sp³-hybridized carbons (Fsp3) is 0.222. The fourth-order valence-corrected chi connectivity index (χ4v) is 4.54. The van der Waals surface area contributed by atoms with Crippen LogP contribution >= 0.6 is 11.6 Å². The highest BCUT2D eigenvalue weighted by Gasteiger charge is 2.33. The SMILES string of the molecule is C=C(NCc1cc(F)cc(Cl)c1)C1CCN(c2ccccc2)S1=O. The van der Waals surface area contributed by atoms with Gasteiger partial charge in [0.2, 0.25) is 0 Å². The molecule has 6 heteroatoms. The molecule has 2 unspecified atom stereocenters. The second-order valence-electron chi connectivity index (χ2n) is 5.65. The van der Waals surface area contributed by atoms with Crippen LogP contribution < -0.4 is 9.62 Å². The largest absolute Gasteiger partial charge is 0.384 e. The summed E-state index contributed by atoms with van der Waals surface area (Å²) in [5, 5.41) is 3.36. The Balaban J connectivity index is 1.63. The number of hydrogen-bond acceptors (Lipinski definition) is 2. The molecule has 3 nitrogen and oxygen atoms in total. The average Bonchev–Trinajstić information content (AvgIpc) is 2.94. The lowest BCUT2D eigenvalue weighted by Gasteiger charge is -2.19. The fourth-order valence-electron chi connectivity index (χ4n) is 2.74. The maximum Gasteiger partial charge on any atom is 0.129 e. The molecule has 3 rings (SSSR count). The van der Waals surface area contributed by atoms with Crippen molar-refractivity contribution in [2.45, 2.75) is 18.2 Å². The molecule has 0 aliphatic carbocycles. The van der Waals surface area contributed by atoms with Gasteiger partial charge in [-0.15, -0.1) is 0 Å². The van der Waals surface area contributed by atoms with E-state index in [4.69, 9.17) is 11.6 Å². The van der Waals surface area contributed by atoms with Gasteiger partial charge >= 0.3 is 0 Å². The molecule has 1 saturated heterocycles. The van der Waals surface area contributed by atoms with Crippen molar-refractivity contribution in [3.8, 4) is 0 Å². The number of rotatable bonds is 5. The number of para-hydroxylation sites is 1. The minimum Gasteiger partial charge on any atom is -0.384 e. The van der Waals surface area contributed by atoms with Gasteiger partial charge in [-0.1, -0.05) is 36.4 Å². The summed E-state index contributed by atoms with van der Waals surface area (Å²) in [6, 6.07) is 14.1. The third kappa shape index (κ3) is 3.79. The molecular weight excluding hydrogens is 347 g/mol. The summed E-state index contributed by atoms with van der Waals surface area (Å²) in [4.78, 5) is 0. The highest BCUT2D eigenvalue weighted by atomic mass is 35.5. The van der Waals surface area contributed by atoms with Crippen molar-refractivity contribution in [3.63, 3.8) is 0 Å². The van der Waals surface area contributed by atoms with Crippen LogP contribution in [-0.4, -0.2) is 16.0 Å². The summed E-state index contributed by atoms with van der Waals surface area (Å²) >= 11 is 5.86. The maximum atomic E-state index is 13.4. The first-order chi connectivity index (χ1) is 11.5. The van der Waals surface area contributed by atoms with E-state index in [1.54, 1.807) is 6.07 Å². The number of nitrogens with one attached hydrogen (secondary N) is 1. The van der Waals surface area contributed by atoms with Crippen LogP contribution in [0.5, 0.6) is 0 Å². The molecule has 0 saturated carbocycles. The van der Waals surface area contributed by atoms with Crippen molar-refractivity contribution in [3.05, 3.63) is 77.2 Å². The normalized spacial score (nSPS) is 20.2. The van der Waals surface area contributed by atoms with E-state index < -0.39 is 11.0 Å². The van der Waals surface area contributed by atoms with Crippen LogP contribution in [0.15, 0.2) is 60.8 Å². The Morgan fingerprint density at radius 2 is 2.08 bits per heavy atom. The molecule has 126 valence electrons. The molecule has 0 radical (unpaired) electrons. The van der Waals surface area contributed by atoms with Crippen LogP contribution in [0.25, 0.3) is 0 Å². The Hall–Kier alpha value is -1.85. The molecule has 2 aromatic carbocycles. The molecule has 1 fully saturated rings. The number of hydrogen-bond donors (Lipinski definition) is 1. The van der Waals surface area contributed by atoms with E-state index in [-0.39, 0.29) is 11.1 Å². The van der Waals surface area contributed by atoms with Gasteiger partial charge in [-0.3, -0.25) is 4.31 Å². The van der Waals surface area contributed by atoms with Gasteiger partial charge in [-0.05, 0) is 42.3 Å². The van der Waals surface area contributed by atoms with Gasteiger partial charge < -0.3 is 5.32 Å². The van der Waals surface area contributed by atoms with Crippen molar-refractivity contribution in [2.75, 3.05) is 10.8 Å². The first-order valence-corrected chi connectivity index (χ1v) is 9.20. The topological polar surface area (TPSA) is 32.3 Å². The quantitative estimate of drug-likeness (QED) is 0.868. The average molecular weight is 365 g/mol. The second-order valence-corrected chi connectivity index (χ2v) is 7.65. The molecule has 2 atom stereocenters. The zero-order valence-electron chi connectivity index (χ0n) is 13.0. The molecule has 1 N–H and O–H groups in total. The predicted molar refractivity (Wildman–Crippen MR) is 97.7 cm³/mol. The van der Waals surface area contributed by atoms with Crippen molar-refractivity contribution in [1.82, 2.24) is 5.32 Å². The lowest BCUT2D eigenvalue weighted by Crippen LogP contribution is -2.28. The summed E-state index contributed by atoms with van der Waals surface area (Å²) in [5.74, 6) is -0.371. The van der Waals surface area contributed by atoms with E-state index >= 15 is 0 Å². The Labute approximate surface area is 148 Å². The van der Waals surface area contributed by atoms with Crippen LogP contribution in [0.1, 0.15) is 12.0 Å². The monoisotopic (exact) mass is 364 g/mol. The summed E-state index contributed by atoms with van der Waals surface area (Å²) in [6.07, 6.45) is 0.761. The van der Waals surface area contributed by atoms with Crippen molar-refractivity contribution in [1.29, 1.82) is 0 Å². The van der Waals surface area contributed by atoms with Crippen molar-refractivity contribution >= 4 is 28.3 Å². The van der Waals surface area contributed by atoms with E-state index in [9.17, 15) is 8.60 Å². The molecule has 24 heavy (non-hydrogen) atoms. The molecule has 0 amide bonds. The number of benzene rings is 2. The minimum atomic E-state index is -1.17. The Bertz CT molecular complexity index is 749. The van der Waals surface area contributed by atoms with Crippen LogP contribution in [-0.2, 0) is 17.5 Å². The van der Waals surface area contributed by atoms with Crippen molar-refractivity contribution in [2.24, 2.45) is 0 Å². The third-order valence-corrected chi connectivity index (χ3v) is 5.98. The van der Waals surface area contributed by atoms with Gasteiger partial charge in [0.1, 0.15) is 16.8 Å². The molecule has 1 aliphatic heterocycles.